The fourth-order valence-corrected chi connectivity index (χ4v) is 3.22. The van der Waals surface area contributed by atoms with Crippen molar-refractivity contribution in [1.29, 1.82) is 0 Å². The number of benzene rings is 3. The molecule has 148 valence electrons. The molecule has 0 aliphatic carbocycles. The lowest BCUT2D eigenvalue weighted by atomic mass is 10.00. The first-order valence-electron chi connectivity index (χ1n) is 9.27. The van der Waals surface area contributed by atoms with Crippen molar-refractivity contribution >= 4 is 21.5 Å². The third-order valence-electron chi connectivity index (χ3n) is 4.88. The van der Waals surface area contributed by atoms with Gasteiger partial charge in [-0.1, -0.05) is 0 Å². The van der Waals surface area contributed by atoms with Gasteiger partial charge in [-0.3, -0.25) is 0 Å². The number of rotatable bonds is 8. The van der Waals surface area contributed by atoms with Crippen LogP contribution in [0.2, 0.25) is 0 Å². The number of fused-ring (bicyclic) bond motifs is 2. The van der Waals surface area contributed by atoms with Gasteiger partial charge in [0.25, 0.3) is 0 Å². The molecule has 1 aliphatic heterocycles. The van der Waals surface area contributed by atoms with Crippen LogP contribution in [0.15, 0.2) is 36.4 Å². The molecule has 6 heteroatoms. The molecular formula is C22H24O6. The molecule has 1 N–H and O–H groups in total. The maximum atomic E-state index is 10.9. The van der Waals surface area contributed by atoms with Gasteiger partial charge < -0.3 is 28.8 Å². The number of epoxide rings is 1. The van der Waals surface area contributed by atoms with E-state index in [2.05, 4.69) is 0 Å². The molecule has 6 nitrogen and oxygen atoms in total. The van der Waals surface area contributed by atoms with Crippen molar-refractivity contribution in [3.8, 4) is 23.0 Å². The molecule has 2 atom stereocenters. The Morgan fingerprint density at radius 3 is 2.29 bits per heavy atom. The Morgan fingerprint density at radius 2 is 1.64 bits per heavy atom. The largest absolute Gasteiger partial charge is 0.507 e. The van der Waals surface area contributed by atoms with Crippen LogP contribution in [0.25, 0.3) is 21.5 Å². The Labute approximate surface area is 163 Å². The van der Waals surface area contributed by atoms with Gasteiger partial charge in [-0.25, -0.2) is 0 Å². The van der Waals surface area contributed by atoms with E-state index in [0.717, 1.165) is 17.4 Å². The minimum Gasteiger partial charge on any atom is -0.507 e. The van der Waals surface area contributed by atoms with E-state index in [1.807, 2.05) is 43.3 Å². The van der Waals surface area contributed by atoms with Gasteiger partial charge in [0.05, 0.1) is 33.5 Å². The predicted molar refractivity (Wildman–Crippen MR) is 107 cm³/mol. The summed E-state index contributed by atoms with van der Waals surface area (Å²) in [5.74, 6) is 2.24. The van der Waals surface area contributed by atoms with Gasteiger partial charge in [0.2, 0.25) is 0 Å². The van der Waals surface area contributed by atoms with Crippen molar-refractivity contribution < 1.29 is 28.8 Å². The summed E-state index contributed by atoms with van der Waals surface area (Å²) in [6.07, 6.45) is 0.126. The third kappa shape index (κ3) is 3.66. The average Bonchev–Trinajstić information content (AvgIpc) is 3.56. The van der Waals surface area contributed by atoms with Crippen LogP contribution in [-0.4, -0.2) is 51.4 Å². The van der Waals surface area contributed by atoms with Crippen molar-refractivity contribution in [2.75, 3.05) is 34.0 Å². The van der Waals surface area contributed by atoms with Gasteiger partial charge in [0.15, 0.2) is 0 Å². The summed E-state index contributed by atoms with van der Waals surface area (Å²) >= 11 is 0. The highest BCUT2D eigenvalue weighted by Crippen LogP contribution is 2.44. The number of hydrogen-bond acceptors (Lipinski definition) is 6. The Hall–Kier alpha value is -2.70. The normalized spacial score (nSPS) is 16.9. The third-order valence-corrected chi connectivity index (χ3v) is 4.88. The van der Waals surface area contributed by atoms with E-state index in [-0.39, 0.29) is 18.0 Å². The van der Waals surface area contributed by atoms with E-state index < -0.39 is 0 Å². The Bertz CT molecular complexity index is 995. The summed E-state index contributed by atoms with van der Waals surface area (Å²) in [5.41, 5.74) is 0. The number of ether oxygens (including phenoxy) is 5. The number of methoxy groups -OCH3 is 2. The van der Waals surface area contributed by atoms with Crippen molar-refractivity contribution in [3.05, 3.63) is 36.4 Å². The summed E-state index contributed by atoms with van der Waals surface area (Å²) in [6.45, 7) is 3.69. The quantitative estimate of drug-likeness (QED) is 0.469. The monoisotopic (exact) mass is 384 g/mol. The SMILES string of the molecule is COc1ccc2c(OCC(C)OCC3CO3)c3cc(OC)ccc3c(O)c2c1. The molecule has 0 amide bonds. The molecule has 1 heterocycles. The molecule has 1 aliphatic rings. The van der Waals surface area contributed by atoms with Crippen LogP contribution in [0.4, 0.5) is 0 Å². The van der Waals surface area contributed by atoms with Gasteiger partial charge in [-0.05, 0) is 43.3 Å². The maximum Gasteiger partial charge on any atom is 0.135 e. The van der Waals surface area contributed by atoms with E-state index >= 15 is 0 Å². The molecule has 3 aromatic rings. The van der Waals surface area contributed by atoms with Gasteiger partial charge in [0, 0.05) is 21.5 Å². The molecule has 4 rings (SSSR count). The van der Waals surface area contributed by atoms with Crippen molar-refractivity contribution in [2.24, 2.45) is 0 Å². The number of aromatic hydroxyl groups is 1. The molecule has 3 aromatic carbocycles. The lowest BCUT2D eigenvalue weighted by Crippen LogP contribution is -2.20. The Morgan fingerprint density at radius 1 is 1.00 bits per heavy atom. The smallest absolute Gasteiger partial charge is 0.135 e. The molecule has 0 bridgehead atoms. The Kier molecular flexibility index (Phi) is 5.15. The maximum absolute atomic E-state index is 10.9. The molecule has 2 unspecified atom stereocenters. The van der Waals surface area contributed by atoms with E-state index in [1.165, 1.54) is 0 Å². The second-order valence-electron chi connectivity index (χ2n) is 6.91. The molecular weight excluding hydrogens is 360 g/mol. The fraction of sp³-hybridized carbons (Fsp3) is 0.364. The summed E-state index contributed by atoms with van der Waals surface area (Å²) in [7, 11) is 3.22. The first kappa shape index (κ1) is 18.7. The fourth-order valence-electron chi connectivity index (χ4n) is 3.22. The topological polar surface area (TPSA) is 69.7 Å². The van der Waals surface area contributed by atoms with Gasteiger partial charge in [-0.15, -0.1) is 0 Å². The zero-order valence-electron chi connectivity index (χ0n) is 16.2. The summed E-state index contributed by atoms with van der Waals surface area (Å²) in [4.78, 5) is 0. The van der Waals surface area contributed by atoms with E-state index in [9.17, 15) is 5.11 Å². The average molecular weight is 384 g/mol. The minimum absolute atomic E-state index is 0.0908. The van der Waals surface area contributed by atoms with Crippen LogP contribution in [0, 0.1) is 0 Å². The number of phenolic OH excluding ortho intramolecular Hbond substituents is 1. The van der Waals surface area contributed by atoms with E-state index in [0.29, 0.717) is 41.2 Å². The van der Waals surface area contributed by atoms with Crippen molar-refractivity contribution in [1.82, 2.24) is 0 Å². The summed E-state index contributed by atoms with van der Waals surface area (Å²) in [6, 6.07) is 11.1. The first-order valence-corrected chi connectivity index (χ1v) is 9.27. The van der Waals surface area contributed by atoms with E-state index in [4.69, 9.17) is 23.7 Å². The molecule has 1 fully saturated rings. The highest BCUT2D eigenvalue weighted by Gasteiger charge is 2.24. The van der Waals surface area contributed by atoms with E-state index in [1.54, 1.807) is 14.2 Å². The Balaban J connectivity index is 1.76. The predicted octanol–water partition coefficient (Wildman–Crippen LogP) is 3.90. The lowest BCUT2D eigenvalue weighted by molar-refractivity contribution is 0.0248. The van der Waals surface area contributed by atoms with Crippen LogP contribution >= 0.6 is 0 Å². The zero-order chi connectivity index (χ0) is 19.7. The molecule has 28 heavy (non-hydrogen) atoms. The van der Waals surface area contributed by atoms with Crippen LogP contribution in [-0.2, 0) is 9.47 Å². The van der Waals surface area contributed by atoms with Crippen molar-refractivity contribution in [2.45, 2.75) is 19.1 Å². The molecule has 0 aromatic heterocycles. The standard InChI is InChI=1S/C22H24O6/c1-13(26-11-16-12-27-16)10-28-22-18-7-5-14(24-2)8-19(18)21(23)17-6-4-15(25-3)9-20(17)22/h4-9,13,16,23H,10-12H2,1-3H3. The highest BCUT2D eigenvalue weighted by atomic mass is 16.6. The van der Waals surface area contributed by atoms with Gasteiger partial charge >= 0.3 is 0 Å². The summed E-state index contributed by atoms with van der Waals surface area (Å²) < 4.78 is 27.8. The van der Waals surface area contributed by atoms with Gasteiger partial charge in [-0.2, -0.15) is 0 Å². The first-order chi connectivity index (χ1) is 13.6. The molecule has 1 saturated heterocycles. The second-order valence-corrected chi connectivity index (χ2v) is 6.91. The summed E-state index contributed by atoms with van der Waals surface area (Å²) in [5, 5.41) is 13.8. The van der Waals surface area contributed by atoms with Crippen molar-refractivity contribution in [3.63, 3.8) is 0 Å². The van der Waals surface area contributed by atoms with Gasteiger partial charge in [0.1, 0.15) is 35.7 Å². The molecule has 0 spiro atoms. The zero-order valence-corrected chi connectivity index (χ0v) is 16.2. The van der Waals surface area contributed by atoms with Crippen LogP contribution in [0.5, 0.6) is 23.0 Å². The number of hydrogen-bond donors (Lipinski definition) is 1. The highest BCUT2D eigenvalue weighted by molar-refractivity contribution is 6.11. The number of phenols is 1. The van der Waals surface area contributed by atoms with Crippen LogP contribution in [0.3, 0.4) is 0 Å². The van der Waals surface area contributed by atoms with Crippen LogP contribution in [0.1, 0.15) is 6.92 Å². The lowest BCUT2D eigenvalue weighted by Gasteiger charge is -2.18. The van der Waals surface area contributed by atoms with Crippen LogP contribution < -0.4 is 14.2 Å². The molecule has 0 radical (unpaired) electrons. The second kappa shape index (κ2) is 7.73. The molecule has 0 saturated carbocycles. The minimum atomic E-state index is -0.0908.